The summed E-state index contributed by atoms with van der Waals surface area (Å²) in [5.41, 5.74) is 1.12. The second-order valence-electron chi connectivity index (χ2n) is 4.96. The Morgan fingerprint density at radius 2 is 2.05 bits per heavy atom. The van der Waals surface area contributed by atoms with E-state index in [1.54, 1.807) is 42.3 Å². The molecule has 2 rings (SSSR count). The summed E-state index contributed by atoms with van der Waals surface area (Å²) in [6, 6.07) is 5.99. The van der Waals surface area contributed by atoms with E-state index in [1.165, 1.54) is 32.3 Å². The number of sulfonamides is 1. The highest BCUT2D eigenvalue weighted by atomic mass is 32.2. The molecule has 0 aliphatic heterocycles. The summed E-state index contributed by atoms with van der Waals surface area (Å²) in [5, 5.41) is 4.00. The van der Waals surface area contributed by atoms with Crippen molar-refractivity contribution in [2.45, 2.75) is 4.90 Å². The minimum Gasteiger partial charge on any atom is -0.289 e. The summed E-state index contributed by atoms with van der Waals surface area (Å²) in [6.07, 6.45) is 6.45. The van der Waals surface area contributed by atoms with Crippen LogP contribution in [0.15, 0.2) is 47.6 Å². The molecule has 0 unspecified atom stereocenters. The van der Waals surface area contributed by atoms with Crippen LogP contribution >= 0.6 is 0 Å². The number of aryl methyl sites for hydroxylation is 1. The van der Waals surface area contributed by atoms with E-state index in [0.717, 1.165) is 9.87 Å². The molecule has 0 N–H and O–H groups in total. The summed E-state index contributed by atoms with van der Waals surface area (Å²) >= 11 is 0. The average Bonchev–Trinajstić information content (AvgIpc) is 2.90. The van der Waals surface area contributed by atoms with E-state index in [4.69, 9.17) is 0 Å². The fourth-order valence-corrected chi connectivity index (χ4v) is 2.76. The van der Waals surface area contributed by atoms with Crippen LogP contribution in [-0.4, -0.2) is 42.4 Å². The molecule has 2 aromatic rings. The number of benzene rings is 1. The van der Waals surface area contributed by atoms with Gasteiger partial charge in [-0.2, -0.15) is 5.10 Å². The van der Waals surface area contributed by atoms with Gasteiger partial charge < -0.3 is 0 Å². The van der Waals surface area contributed by atoms with E-state index in [9.17, 15) is 13.2 Å². The van der Waals surface area contributed by atoms with Crippen LogP contribution in [0.1, 0.15) is 15.9 Å². The number of allylic oxidation sites excluding steroid dienone is 1. The Bertz CT molecular complexity index is 820. The maximum absolute atomic E-state index is 12.2. The third-order valence-electron chi connectivity index (χ3n) is 3.05. The van der Waals surface area contributed by atoms with Gasteiger partial charge in [-0.15, -0.1) is 0 Å². The zero-order valence-corrected chi connectivity index (χ0v) is 13.4. The predicted octanol–water partition coefficient (Wildman–Crippen LogP) is 1.57. The van der Waals surface area contributed by atoms with Gasteiger partial charge in [0, 0.05) is 38.5 Å². The van der Waals surface area contributed by atoms with Crippen LogP contribution < -0.4 is 0 Å². The van der Waals surface area contributed by atoms with E-state index in [0.29, 0.717) is 5.56 Å². The maximum Gasteiger partial charge on any atom is 0.242 e. The highest BCUT2D eigenvalue weighted by molar-refractivity contribution is 7.89. The molecule has 6 nitrogen and oxygen atoms in total. The van der Waals surface area contributed by atoms with Crippen molar-refractivity contribution in [1.29, 1.82) is 0 Å². The maximum atomic E-state index is 12.2. The topological polar surface area (TPSA) is 72.3 Å². The monoisotopic (exact) mass is 319 g/mol. The van der Waals surface area contributed by atoms with E-state index < -0.39 is 10.0 Å². The first-order valence-corrected chi connectivity index (χ1v) is 7.98. The number of hydrogen-bond donors (Lipinski definition) is 0. The zero-order valence-electron chi connectivity index (χ0n) is 12.6. The summed E-state index contributed by atoms with van der Waals surface area (Å²) < 4.78 is 26.9. The molecule has 0 radical (unpaired) electrons. The fraction of sp³-hybridized carbons (Fsp3) is 0.200. The number of hydrogen-bond acceptors (Lipinski definition) is 4. The molecule has 1 heterocycles. The van der Waals surface area contributed by atoms with Crippen molar-refractivity contribution < 1.29 is 13.2 Å². The molecule has 0 bridgehead atoms. The molecule has 0 aliphatic carbocycles. The highest BCUT2D eigenvalue weighted by Crippen LogP contribution is 2.15. The van der Waals surface area contributed by atoms with Gasteiger partial charge in [0.25, 0.3) is 0 Å². The minimum absolute atomic E-state index is 0.0955. The third-order valence-corrected chi connectivity index (χ3v) is 4.86. The molecule has 116 valence electrons. The van der Waals surface area contributed by atoms with Crippen molar-refractivity contribution in [3.63, 3.8) is 0 Å². The first-order chi connectivity index (χ1) is 10.3. The zero-order chi connectivity index (χ0) is 16.3. The number of carbonyl (C=O) groups excluding carboxylic acids is 1. The molecule has 0 fully saturated rings. The summed E-state index contributed by atoms with van der Waals surface area (Å²) in [5.74, 6) is -0.264. The van der Waals surface area contributed by atoms with Gasteiger partial charge >= 0.3 is 0 Å². The minimum atomic E-state index is -3.55. The standard InChI is InChI=1S/C15H17N3O3S/c1-17(2)22(20,21)14-6-4-5-13(9-14)15(19)8-7-12-10-16-18(3)11-12/h4-11H,1-3H3/b8-7-. The number of nitrogens with zero attached hydrogens (tertiary/aromatic N) is 3. The van der Waals surface area contributed by atoms with E-state index in [1.807, 2.05) is 0 Å². The Morgan fingerprint density at radius 1 is 1.32 bits per heavy atom. The Kier molecular flexibility index (Phi) is 4.58. The van der Waals surface area contributed by atoms with Crippen LogP contribution in [0.3, 0.4) is 0 Å². The molecule has 0 aliphatic rings. The lowest BCUT2D eigenvalue weighted by atomic mass is 10.1. The molecule has 22 heavy (non-hydrogen) atoms. The Balaban J connectivity index is 2.26. The van der Waals surface area contributed by atoms with Crippen LogP contribution in [0, 0.1) is 0 Å². The van der Waals surface area contributed by atoms with Gasteiger partial charge in [0.05, 0.1) is 11.1 Å². The van der Waals surface area contributed by atoms with Crippen LogP contribution in [0.2, 0.25) is 0 Å². The number of carbonyl (C=O) groups is 1. The van der Waals surface area contributed by atoms with Crippen molar-refractivity contribution in [3.05, 3.63) is 53.9 Å². The third kappa shape index (κ3) is 3.49. The Hall–Kier alpha value is -2.25. The van der Waals surface area contributed by atoms with Crippen LogP contribution in [-0.2, 0) is 17.1 Å². The Morgan fingerprint density at radius 3 is 2.64 bits per heavy atom. The van der Waals surface area contributed by atoms with E-state index in [-0.39, 0.29) is 10.7 Å². The molecule has 0 atom stereocenters. The highest BCUT2D eigenvalue weighted by Gasteiger charge is 2.18. The average molecular weight is 319 g/mol. The van der Waals surface area contributed by atoms with E-state index >= 15 is 0 Å². The van der Waals surface area contributed by atoms with Crippen LogP contribution in [0.5, 0.6) is 0 Å². The van der Waals surface area contributed by atoms with Crippen molar-refractivity contribution >= 4 is 21.9 Å². The summed E-state index contributed by atoms with van der Waals surface area (Å²) in [6.45, 7) is 0. The normalized spacial score (nSPS) is 12.2. The van der Waals surface area contributed by atoms with Crippen molar-refractivity contribution in [2.75, 3.05) is 14.1 Å². The second-order valence-corrected chi connectivity index (χ2v) is 7.11. The lowest BCUT2D eigenvalue weighted by molar-refractivity contribution is 0.104. The molecule has 1 aromatic heterocycles. The Labute approximate surface area is 129 Å². The van der Waals surface area contributed by atoms with Crippen molar-refractivity contribution in [2.24, 2.45) is 7.05 Å². The summed E-state index contributed by atoms with van der Waals surface area (Å²) in [4.78, 5) is 12.2. The molecular weight excluding hydrogens is 302 g/mol. The van der Waals surface area contributed by atoms with Gasteiger partial charge in [0.2, 0.25) is 10.0 Å². The largest absolute Gasteiger partial charge is 0.289 e. The number of aromatic nitrogens is 2. The second kappa shape index (κ2) is 6.25. The fourth-order valence-electron chi connectivity index (χ4n) is 1.81. The predicted molar refractivity (Wildman–Crippen MR) is 83.9 cm³/mol. The van der Waals surface area contributed by atoms with Gasteiger partial charge in [-0.05, 0) is 24.3 Å². The molecule has 7 heteroatoms. The number of rotatable bonds is 5. The van der Waals surface area contributed by atoms with Gasteiger partial charge in [-0.1, -0.05) is 12.1 Å². The first kappa shape index (κ1) is 16.1. The van der Waals surface area contributed by atoms with Crippen molar-refractivity contribution in [3.8, 4) is 0 Å². The van der Waals surface area contributed by atoms with Crippen molar-refractivity contribution in [1.82, 2.24) is 14.1 Å². The summed E-state index contributed by atoms with van der Waals surface area (Å²) in [7, 11) is 1.13. The van der Waals surface area contributed by atoms with Gasteiger partial charge in [-0.25, -0.2) is 12.7 Å². The molecule has 0 amide bonds. The molecule has 1 aromatic carbocycles. The lowest BCUT2D eigenvalue weighted by Crippen LogP contribution is -2.22. The molecule has 0 saturated heterocycles. The van der Waals surface area contributed by atoms with Gasteiger partial charge in [-0.3, -0.25) is 9.48 Å². The quantitative estimate of drug-likeness (QED) is 0.619. The van der Waals surface area contributed by atoms with E-state index in [2.05, 4.69) is 5.10 Å². The SMILES string of the molecule is CN(C)S(=O)(=O)c1cccc(C(=O)/C=C\c2cnn(C)c2)c1. The van der Waals surface area contributed by atoms with Crippen LogP contribution in [0.25, 0.3) is 6.08 Å². The molecule has 0 saturated carbocycles. The molecular formula is C15H17N3O3S. The lowest BCUT2D eigenvalue weighted by Gasteiger charge is -2.11. The first-order valence-electron chi connectivity index (χ1n) is 6.54. The molecule has 0 spiro atoms. The van der Waals surface area contributed by atoms with Gasteiger partial charge in [0.15, 0.2) is 5.78 Å². The number of ketones is 1. The van der Waals surface area contributed by atoms with Gasteiger partial charge in [0.1, 0.15) is 0 Å². The van der Waals surface area contributed by atoms with Crippen LogP contribution in [0.4, 0.5) is 0 Å². The smallest absolute Gasteiger partial charge is 0.242 e.